The molecule has 0 saturated heterocycles. The van der Waals surface area contributed by atoms with Crippen molar-refractivity contribution in [1.29, 1.82) is 0 Å². The van der Waals surface area contributed by atoms with Crippen LogP contribution in [0.25, 0.3) is 0 Å². The average molecular weight is 524 g/mol. The van der Waals surface area contributed by atoms with Gasteiger partial charge >= 0.3 is 23.9 Å². The molecule has 1 aromatic rings. The van der Waals surface area contributed by atoms with Gasteiger partial charge in [0.1, 0.15) is 6.04 Å². The Labute approximate surface area is 212 Å². The van der Waals surface area contributed by atoms with Crippen LogP contribution in [0.2, 0.25) is 0 Å². The summed E-state index contributed by atoms with van der Waals surface area (Å²) in [5.74, 6) is -3.21. The van der Waals surface area contributed by atoms with Crippen molar-refractivity contribution in [3.05, 3.63) is 17.7 Å². The third kappa shape index (κ3) is 7.80. The Hall–Kier alpha value is -3.41. The Morgan fingerprint density at radius 3 is 2.06 bits per heavy atom. The minimum Gasteiger partial charge on any atom is -0.427 e. The number of fused-ring (bicyclic) bond motifs is 1. The van der Waals surface area contributed by atoms with Gasteiger partial charge in [0.05, 0.1) is 11.1 Å². The topological polar surface area (TPSA) is 143 Å². The molecule has 1 atom stereocenters. The zero-order chi connectivity index (χ0) is 27.2. The predicted octanol–water partition coefficient (Wildman–Crippen LogP) is 2.55. The second-order valence-corrected chi connectivity index (χ2v) is 10.2. The molecule has 196 valence electrons. The lowest BCUT2D eigenvalue weighted by Crippen LogP contribution is -2.44. The van der Waals surface area contributed by atoms with Gasteiger partial charge in [0, 0.05) is 45.4 Å². The molecule has 1 aliphatic heterocycles. The maximum Gasteiger partial charge on any atom is 0.332 e. The van der Waals surface area contributed by atoms with Crippen LogP contribution in [0, 0.1) is 5.41 Å². The molecule has 2 rings (SSSR count). The minimum absolute atomic E-state index is 0.00158. The molecule has 1 heterocycles. The largest absolute Gasteiger partial charge is 0.427 e. The second kappa shape index (κ2) is 12.0. The first-order chi connectivity index (χ1) is 16.7. The molecule has 0 aliphatic carbocycles. The molecule has 11 nitrogen and oxygen atoms in total. The van der Waals surface area contributed by atoms with Crippen molar-refractivity contribution in [2.24, 2.45) is 5.41 Å². The minimum atomic E-state index is -1.12. The van der Waals surface area contributed by atoms with Crippen molar-refractivity contribution >= 4 is 52.3 Å². The van der Waals surface area contributed by atoms with Gasteiger partial charge in [0.15, 0.2) is 16.6 Å². The average Bonchev–Trinajstić information content (AvgIpc) is 3.10. The highest BCUT2D eigenvalue weighted by atomic mass is 32.2. The normalized spacial score (nSPS) is 14.5. The van der Waals surface area contributed by atoms with Crippen molar-refractivity contribution in [3.63, 3.8) is 0 Å². The van der Waals surface area contributed by atoms with Crippen LogP contribution in [-0.2, 0) is 44.7 Å². The zero-order valence-corrected chi connectivity index (χ0v) is 21.8. The van der Waals surface area contributed by atoms with Crippen molar-refractivity contribution in [2.45, 2.75) is 60.4 Å². The Bertz CT molecular complexity index is 1080. The third-order valence-corrected chi connectivity index (χ3v) is 5.62. The molecule has 1 aromatic carbocycles. The maximum atomic E-state index is 13.1. The lowest BCUT2D eigenvalue weighted by atomic mass is 9.98. The van der Waals surface area contributed by atoms with Gasteiger partial charge in [-0.3, -0.25) is 28.9 Å². The van der Waals surface area contributed by atoms with E-state index in [1.54, 1.807) is 20.8 Å². The van der Waals surface area contributed by atoms with Crippen LogP contribution in [-0.4, -0.2) is 53.5 Å². The van der Waals surface area contributed by atoms with Gasteiger partial charge in [-0.05, 0) is 32.4 Å². The molecule has 12 heteroatoms. The molecule has 36 heavy (non-hydrogen) atoms. The van der Waals surface area contributed by atoms with E-state index in [0.29, 0.717) is 5.56 Å². The number of rotatable bonds is 8. The summed E-state index contributed by atoms with van der Waals surface area (Å²) in [5, 5.41) is -0.163. The lowest BCUT2D eigenvalue weighted by Gasteiger charge is -2.25. The van der Waals surface area contributed by atoms with Gasteiger partial charge in [-0.25, -0.2) is 4.79 Å². The first-order valence-corrected chi connectivity index (χ1v) is 12.0. The highest BCUT2D eigenvalue weighted by Gasteiger charge is 2.40. The number of thioether (sulfide) groups is 1. The molecule has 0 N–H and O–H groups in total. The number of benzene rings is 1. The molecule has 0 saturated carbocycles. The number of esters is 4. The van der Waals surface area contributed by atoms with Crippen LogP contribution in [0.15, 0.2) is 12.1 Å². The van der Waals surface area contributed by atoms with Crippen molar-refractivity contribution in [2.75, 3.05) is 17.4 Å². The fourth-order valence-electron chi connectivity index (χ4n) is 3.27. The van der Waals surface area contributed by atoms with E-state index in [1.807, 2.05) is 0 Å². The fourth-order valence-corrected chi connectivity index (χ4v) is 3.83. The summed E-state index contributed by atoms with van der Waals surface area (Å²) in [6, 6.07) is 1.62. The van der Waals surface area contributed by atoms with Gasteiger partial charge in [0.25, 0.3) is 0 Å². The number of carbonyl (C=O) groups excluding carboxylic acids is 6. The summed E-state index contributed by atoms with van der Waals surface area (Å²) in [6.45, 7) is 8.00. The third-order valence-electron chi connectivity index (χ3n) is 4.80. The standard InChI is InChI=1S/C24H29NO10S/c1-13(26)34-19-10-16-9-18(22(30)32-12-33-23(31)24(4,5)6)25(21(29)7-8-36-15(3)28)17(16)11-20(19)35-14(2)27/h10-11,18H,7-9,12H2,1-6H3/t18-/m0/s1. The van der Waals surface area contributed by atoms with Crippen LogP contribution in [0.5, 0.6) is 11.5 Å². The van der Waals surface area contributed by atoms with E-state index in [2.05, 4.69) is 0 Å². The summed E-state index contributed by atoms with van der Waals surface area (Å²) in [7, 11) is 0. The van der Waals surface area contributed by atoms with Gasteiger partial charge < -0.3 is 18.9 Å². The van der Waals surface area contributed by atoms with Crippen molar-refractivity contribution < 1.29 is 47.7 Å². The molecule has 0 radical (unpaired) electrons. The molecule has 0 aromatic heterocycles. The molecule has 0 spiro atoms. The van der Waals surface area contributed by atoms with E-state index >= 15 is 0 Å². The Balaban J connectivity index is 2.36. The monoisotopic (exact) mass is 523 g/mol. The number of nitrogens with zero attached hydrogens (tertiary/aromatic N) is 1. The van der Waals surface area contributed by atoms with E-state index in [4.69, 9.17) is 18.9 Å². The molecule has 1 amide bonds. The number of carbonyl (C=O) groups is 6. The number of hydrogen-bond donors (Lipinski definition) is 0. The van der Waals surface area contributed by atoms with Crippen LogP contribution < -0.4 is 14.4 Å². The molecule has 0 fully saturated rings. The molecule has 0 unspecified atom stereocenters. The van der Waals surface area contributed by atoms with E-state index in [-0.39, 0.29) is 40.9 Å². The Kier molecular flexibility index (Phi) is 9.62. The smallest absolute Gasteiger partial charge is 0.332 e. The van der Waals surface area contributed by atoms with Gasteiger partial charge in [-0.15, -0.1) is 0 Å². The van der Waals surface area contributed by atoms with Crippen molar-refractivity contribution in [1.82, 2.24) is 0 Å². The number of amides is 1. The maximum absolute atomic E-state index is 13.1. The van der Waals surface area contributed by atoms with Gasteiger partial charge in [-0.2, -0.15) is 0 Å². The first-order valence-electron chi connectivity index (χ1n) is 11.0. The summed E-state index contributed by atoms with van der Waals surface area (Å²) in [6.07, 6.45) is -0.0668. The number of anilines is 1. The highest BCUT2D eigenvalue weighted by molar-refractivity contribution is 8.13. The molecule has 1 aliphatic rings. The Morgan fingerprint density at radius 1 is 0.944 bits per heavy atom. The second-order valence-electron chi connectivity index (χ2n) is 8.95. The van der Waals surface area contributed by atoms with Crippen molar-refractivity contribution in [3.8, 4) is 11.5 Å². The fraction of sp³-hybridized carbons (Fsp3) is 0.500. The Morgan fingerprint density at radius 2 is 1.53 bits per heavy atom. The molecular formula is C24H29NO10S. The molecular weight excluding hydrogens is 494 g/mol. The van der Waals surface area contributed by atoms with E-state index in [9.17, 15) is 28.8 Å². The van der Waals surface area contributed by atoms with E-state index in [1.165, 1.54) is 30.9 Å². The quantitative estimate of drug-likeness (QED) is 0.282. The summed E-state index contributed by atoms with van der Waals surface area (Å²) in [5.41, 5.74) is -0.0796. The van der Waals surface area contributed by atoms with Crippen LogP contribution in [0.4, 0.5) is 5.69 Å². The van der Waals surface area contributed by atoms with E-state index in [0.717, 1.165) is 18.7 Å². The molecule has 0 bridgehead atoms. The van der Waals surface area contributed by atoms with Crippen LogP contribution in [0.3, 0.4) is 0 Å². The van der Waals surface area contributed by atoms with Gasteiger partial charge in [0.2, 0.25) is 12.7 Å². The van der Waals surface area contributed by atoms with Gasteiger partial charge in [-0.1, -0.05) is 11.8 Å². The predicted molar refractivity (Wildman–Crippen MR) is 128 cm³/mol. The zero-order valence-electron chi connectivity index (χ0n) is 21.0. The summed E-state index contributed by atoms with van der Waals surface area (Å²) >= 11 is 0.963. The van der Waals surface area contributed by atoms with Crippen LogP contribution in [0.1, 0.15) is 53.5 Å². The lowest BCUT2D eigenvalue weighted by molar-refractivity contribution is -0.174. The summed E-state index contributed by atoms with van der Waals surface area (Å²) in [4.78, 5) is 73.6. The summed E-state index contributed by atoms with van der Waals surface area (Å²) < 4.78 is 20.4. The first kappa shape index (κ1) is 28.8. The number of ether oxygens (including phenoxy) is 4. The highest BCUT2D eigenvalue weighted by Crippen LogP contribution is 2.42. The van der Waals surface area contributed by atoms with Crippen LogP contribution >= 0.6 is 11.8 Å². The number of hydrogen-bond acceptors (Lipinski definition) is 11. The SMILES string of the molecule is CC(=O)Oc1cc2c(cc1OC(C)=O)N(C(=O)CCSC(C)=O)[C@H](C(=O)OCOC(=O)C(C)(C)C)C2. The van der Waals surface area contributed by atoms with E-state index < -0.39 is 48.0 Å².